The second kappa shape index (κ2) is 4.54. The maximum absolute atomic E-state index is 12.0. The van der Waals surface area contributed by atoms with Crippen molar-refractivity contribution in [2.24, 2.45) is 0 Å². The molecule has 0 aromatic carbocycles. The zero-order valence-electron chi connectivity index (χ0n) is 8.17. The van der Waals surface area contributed by atoms with Crippen molar-refractivity contribution in [3.05, 3.63) is 12.2 Å². The lowest BCUT2D eigenvalue weighted by Gasteiger charge is -2.22. The van der Waals surface area contributed by atoms with E-state index in [4.69, 9.17) is 0 Å². The molecular formula is C9H9F3O4. The fraction of sp³-hybridized carbons (Fsp3) is 0.556. The van der Waals surface area contributed by atoms with Crippen LogP contribution in [0.1, 0.15) is 12.8 Å². The second-order valence-corrected chi connectivity index (χ2v) is 3.22. The number of carbonyl (C=O) groups is 2. The Morgan fingerprint density at radius 2 is 2.12 bits per heavy atom. The van der Waals surface area contributed by atoms with Gasteiger partial charge in [0, 0.05) is 6.42 Å². The maximum atomic E-state index is 12.0. The third kappa shape index (κ3) is 3.25. The summed E-state index contributed by atoms with van der Waals surface area (Å²) in [6.45, 7) is 2.63. The highest BCUT2D eigenvalue weighted by Crippen LogP contribution is 2.26. The normalized spacial score (nSPS) is 21.2. The summed E-state index contributed by atoms with van der Waals surface area (Å²) in [5.74, 6) is -2.14. The van der Waals surface area contributed by atoms with Gasteiger partial charge in [-0.05, 0) is 0 Å². The van der Waals surface area contributed by atoms with Gasteiger partial charge >= 0.3 is 18.1 Å². The summed E-state index contributed by atoms with van der Waals surface area (Å²) in [7, 11) is 0. The topological polar surface area (TPSA) is 52.6 Å². The number of hydrogen-bond acceptors (Lipinski definition) is 4. The Labute approximate surface area is 89.0 Å². The molecule has 1 rings (SSSR count). The smallest absolute Gasteiger partial charge is 0.422 e. The molecule has 1 aliphatic heterocycles. The predicted octanol–water partition coefficient (Wildman–Crippen LogP) is 1.35. The van der Waals surface area contributed by atoms with Gasteiger partial charge in [-0.1, -0.05) is 6.58 Å². The van der Waals surface area contributed by atoms with Gasteiger partial charge in [0.25, 0.3) is 0 Å². The van der Waals surface area contributed by atoms with E-state index in [1.165, 1.54) is 0 Å². The highest BCUT2D eigenvalue weighted by molar-refractivity contribution is 5.89. The Morgan fingerprint density at radius 1 is 1.50 bits per heavy atom. The zero-order chi connectivity index (χ0) is 12.3. The number of alkyl halides is 3. The van der Waals surface area contributed by atoms with Gasteiger partial charge in [-0.3, -0.25) is 4.79 Å². The van der Waals surface area contributed by atoms with Crippen LogP contribution in [-0.2, 0) is 19.1 Å². The molecule has 1 unspecified atom stereocenters. The predicted molar refractivity (Wildman–Crippen MR) is 45.3 cm³/mol. The van der Waals surface area contributed by atoms with E-state index >= 15 is 0 Å². The van der Waals surface area contributed by atoms with Gasteiger partial charge < -0.3 is 9.47 Å². The fourth-order valence-electron chi connectivity index (χ4n) is 1.09. The first kappa shape index (κ1) is 12.5. The molecule has 0 spiro atoms. The second-order valence-electron chi connectivity index (χ2n) is 3.22. The van der Waals surface area contributed by atoms with Crippen molar-refractivity contribution in [2.75, 3.05) is 6.61 Å². The molecule has 1 heterocycles. The van der Waals surface area contributed by atoms with Crippen molar-refractivity contribution in [2.45, 2.75) is 25.1 Å². The number of esters is 2. The summed E-state index contributed by atoms with van der Waals surface area (Å²) in [5, 5.41) is 0. The lowest BCUT2D eigenvalue weighted by atomic mass is 10.1. The van der Waals surface area contributed by atoms with Crippen molar-refractivity contribution in [3.8, 4) is 0 Å². The molecule has 0 N–H and O–H groups in total. The molecule has 0 amide bonds. The Bertz CT molecular complexity index is 321. The fourth-order valence-corrected chi connectivity index (χ4v) is 1.09. The van der Waals surface area contributed by atoms with Crippen LogP contribution in [0.2, 0.25) is 0 Å². The van der Waals surface area contributed by atoms with E-state index < -0.39 is 29.8 Å². The molecule has 0 radical (unpaired) electrons. The van der Waals surface area contributed by atoms with E-state index in [1.54, 1.807) is 0 Å². The molecule has 4 nitrogen and oxygen atoms in total. The lowest BCUT2D eigenvalue weighted by molar-refractivity contribution is -0.165. The zero-order valence-corrected chi connectivity index (χ0v) is 8.17. The summed E-state index contributed by atoms with van der Waals surface area (Å²) < 4.78 is 45.1. The molecule has 0 aromatic heterocycles. The SMILES string of the molecule is C=C(C(=O)OC1CCOC(=O)C1)C(F)(F)F. The average Bonchev–Trinajstić information content (AvgIpc) is 2.15. The van der Waals surface area contributed by atoms with Crippen LogP contribution in [0.4, 0.5) is 13.2 Å². The van der Waals surface area contributed by atoms with Crippen LogP contribution < -0.4 is 0 Å². The summed E-state index contributed by atoms with van der Waals surface area (Å²) in [5.41, 5.74) is -1.58. The minimum Gasteiger partial charge on any atom is -0.465 e. The standard InChI is InChI=1S/C9H9F3O4/c1-5(9(10,11)12)8(14)16-6-2-3-15-7(13)4-6/h6H,1-4H2. The molecule has 90 valence electrons. The van der Waals surface area contributed by atoms with Gasteiger partial charge in [0.15, 0.2) is 0 Å². The lowest BCUT2D eigenvalue weighted by Crippen LogP contribution is -2.31. The van der Waals surface area contributed by atoms with E-state index in [9.17, 15) is 22.8 Å². The highest BCUT2D eigenvalue weighted by Gasteiger charge is 2.39. The number of rotatable bonds is 2. The van der Waals surface area contributed by atoms with Crippen molar-refractivity contribution in [1.29, 1.82) is 0 Å². The number of cyclic esters (lactones) is 1. The molecular weight excluding hydrogens is 229 g/mol. The van der Waals surface area contributed by atoms with Gasteiger partial charge in [-0.2, -0.15) is 13.2 Å². The van der Waals surface area contributed by atoms with Crippen molar-refractivity contribution >= 4 is 11.9 Å². The van der Waals surface area contributed by atoms with Crippen LogP contribution in [0.15, 0.2) is 12.2 Å². The Kier molecular flexibility index (Phi) is 3.56. The number of halogens is 3. The first-order valence-corrected chi connectivity index (χ1v) is 4.43. The first-order chi connectivity index (χ1) is 7.30. The third-order valence-corrected chi connectivity index (χ3v) is 1.96. The molecule has 0 aliphatic carbocycles. The molecule has 0 saturated carbocycles. The minimum atomic E-state index is -4.81. The number of carbonyl (C=O) groups excluding carboxylic acids is 2. The van der Waals surface area contributed by atoms with Crippen LogP contribution in [0.5, 0.6) is 0 Å². The van der Waals surface area contributed by atoms with E-state index in [0.29, 0.717) is 0 Å². The van der Waals surface area contributed by atoms with Crippen molar-refractivity contribution in [1.82, 2.24) is 0 Å². The third-order valence-electron chi connectivity index (χ3n) is 1.96. The molecule has 0 bridgehead atoms. The largest absolute Gasteiger partial charge is 0.465 e. The average molecular weight is 238 g/mol. The Balaban J connectivity index is 2.51. The molecule has 1 fully saturated rings. The van der Waals surface area contributed by atoms with E-state index in [0.717, 1.165) is 0 Å². The van der Waals surface area contributed by atoms with Crippen LogP contribution in [0.3, 0.4) is 0 Å². The molecule has 7 heteroatoms. The molecule has 0 aromatic rings. The highest BCUT2D eigenvalue weighted by atomic mass is 19.4. The van der Waals surface area contributed by atoms with E-state index in [1.807, 2.05) is 0 Å². The summed E-state index contributed by atoms with van der Waals surface area (Å²) >= 11 is 0. The minimum absolute atomic E-state index is 0.0370. The van der Waals surface area contributed by atoms with Gasteiger partial charge in [-0.15, -0.1) is 0 Å². The van der Waals surface area contributed by atoms with Crippen molar-refractivity contribution in [3.63, 3.8) is 0 Å². The van der Waals surface area contributed by atoms with E-state index in [2.05, 4.69) is 16.1 Å². The monoisotopic (exact) mass is 238 g/mol. The number of ether oxygens (including phenoxy) is 2. The summed E-state index contributed by atoms with van der Waals surface area (Å²) in [4.78, 5) is 21.7. The van der Waals surface area contributed by atoms with Gasteiger partial charge in [-0.25, -0.2) is 4.79 Å². The van der Waals surface area contributed by atoms with Crippen LogP contribution >= 0.6 is 0 Å². The quantitative estimate of drug-likeness (QED) is 0.538. The van der Waals surface area contributed by atoms with Crippen LogP contribution in [0, 0.1) is 0 Å². The summed E-state index contributed by atoms with van der Waals surface area (Å²) in [6.07, 6.45) is -5.71. The Morgan fingerprint density at radius 3 is 2.62 bits per heavy atom. The summed E-state index contributed by atoms with van der Waals surface area (Å²) in [6, 6.07) is 0. The molecule has 16 heavy (non-hydrogen) atoms. The van der Waals surface area contributed by atoms with Gasteiger partial charge in [0.2, 0.25) is 0 Å². The van der Waals surface area contributed by atoms with Gasteiger partial charge in [0.05, 0.1) is 13.0 Å². The molecule has 1 saturated heterocycles. The van der Waals surface area contributed by atoms with Crippen LogP contribution in [-0.4, -0.2) is 30.8 Å². The first-order valence-electron chi connectivity index (χ1n) is 4.43. The Hall–Kier alpha value is -1.53. The van der Waals surface area contributed by atoms with E-state index in [-0.39, 0.29) is 19.4 Å². The van der Waals surface area contributed by atoms with Crippen LogP contribution in [0.25, 0.3) is 0 Å². The molecule has 1 atom stereocenters. The van der Waals surface area contributed by atoms with Crippen molar-refractivity contribution < 1.29 is 32.2 Å². The molecule has 1 aliphatic rings. The van der Waals surface area contributed by atoms with Gasteiger partial charge in [0.1, 0.15) is 11.7 Å². The number of hydrogen-bond donors (Lipinski definition) is 0. The maximum Gasteiger partial charge on any atom is 0.422 e.